The fourth-order valence-electron chi connectivity index (χ4n) is 3.58. The van der Waals surface area contributed by atoms with Crippen molar-refractivity contribution < 1.29 is 28.5 Å². The van der Waals surface area contributed by atoms with Crippen molar-refractivity contribution in [2.75, 3.05) is 21.3 Å². The zero-order valence-electron chi connectivity index (χ0n) is 19.3. The Morgan fingerprint density at radius 3 is 2.00 bits per heavy atom. The molecular weight excluding hydrogens is 481 g/mol. The van der Waals surface area contributed by atoms with Gasteiger partial charge in [0.15, 0.2) is 11.5 Å². The summed E-state index contributed by atoms with van der Waals surface area (Å²) in [5.41, 5.74) is 2.79. The van der Waals surface area contributed by atoms with Crippen molar-refractivity contribution in [3.63, 3.8) is 0 Å². The molecule has 0 saturated heterocycles. The molecule has 3 aromatic rings. The van der Waals surface area contributed by atoms with Gasteiger partial charge in [-0.05, 0) is 43.7 Å². The van der Waals surface area contributed by atoms with E-state index in [9.17, 15) is 9.59 Å². The van der Waals surface area contributed by atoms with Gasteiger partial charge in [0.1, 0.15) is 6.61 Å². The van der Waals surface area contributed by atoms with Crippen LogP contribution in [0.5, 0.6) is 11.5 Å². The van der Waals surface area contributed by atoms with Gasteiger partial charge in [-0.25, -0.2) is 9.59 Å². The maximum Gasteiger partial charge on any atom is 0.340 e. The zero-order chi connectivity index (χ0) is 25.0. The molecule has 0 amide bonds. The number of hydrogen-bond acceptors (Lipinski definition) is 7. The minimum absolute atomic E-state index is 0.164. The Balaban J connectivity index is 2.11. The van der Waals surface area contributed by atoms with Gasteiger partial charge in [0.2, 0.25) is 0 Å². The van der Waals surface area contributed by atoms with E-state index in [1.165, 1.54) is 21.3 Å². The molecule has 0 unspecified atom stereocenters. The average Bonchev–Trinajstić information content (AvgIpc) is 2.82. The Bertz CT molecular complexity index is 1220. The molecule has 3 rings (SSSR count). The van der Waals surface area contributed by atoms with Gasteiger partial charge in [-0.3, -0.25) is 4.98 Å². The number of carbonyl (C=O) groups is 2. The second kappa shape index (κ2) is 10.8. The fourth-order valence-corrected chi connectivity index (χ4v) is 4.04. The van der Waals surface area contributed by atoms with Gasteiger partial charge in [-0.15, -0.1) is 0 Å². The van der Waals surface area contributed by atoms with Crippen molar-refractivity contribution in [1.82, 2.24) is 4.98 Å². The molecule has 2 aromatic carbocycles. The Hall–Kier alpha value is -3.29. The molecule has 9 heteroatoms. The summed E-state index contributed by atoms with van der Waals surface area (Å²) < 4.78 is 21.4. The number of methoxy groups -OCH3 is 3. The summed E-state index contributed by atoms with van der Waals surface area (Å²) in [5, 5.41) is 1.01. The van der Waals surface area contributed by atoms with Crippen molar-refractivity contribution in [2.24, 2.45) is 0 Å². The molecule has 0 aliphatic carbocycles. The first-order valence-electron chi connectivity index (χ1n) is 10.1. The predicted octanol–water partition coefficient (Wildman–Crippen LogP) is 5.83. The van der Waals surface area contributed by atoms with Gasteiger partial charge in [0, 0.05) is 21.2 Å². The van der Waals surface area contributed by atoms with E-state index in [0.717, 1.165) is 5.56 Å². The lowest BCUT2D eigenvalue weighted by Crippen LogP contribution is -2.16. The zero-order valence-corrected chi connectivity index (χ0v) is 20.8. The topological polar surface area (TPSA) is 84.0 Å². The molecule has 0 fully saturated rings. The number of hydrogen-bond donors (Lipinski definition) is 0. The fraction of sp³-hybridized carbons (Fsp3) is 0.240. The van der Waals surface area contributed by atoms with Crippen LogP contribution in [-0.2, 0) is 16.1 Å². The van der Waals surface area contributed by atoms with Crippen LogP contribution in [0.2, 0.25) is 10.0 Å². The van der Waals surface area contributed by atoms with Crippen molar-refractivity contribution in [2.45, 2.75) is 20.5 Å². The first-order valence-corrected chi connectivity index (χ1v) is 10.9. The number of nitrogens with zero attached hydrogens (tertiary/aromatic N) is 1. The lowest BCUT2D eigenvalue weighted by Gasteiger charge is -2.18. The third-order valence-corrected chi connectivity index (χ3v) is 5.78. The summed E-state index contributed by atoms with van der Waals surface area (Å²) in [6.07, 6.45) is 0. The second-order valence-corrected chi connectivity index (χ2v) is 8.12. The van der Waals surface area contributed by atoms with E-state index in [-0.39, 0.29) is 17.7 Å². The van der Waals surface area contributed by atoms with Crippen LogP contribution in [-0.4, -0.2) is 38.3 Å². The molecule has 7 nitrogen and oxygen atoms in total. The normalized spacial score (nSPS) is 10.6. The molecule has 1 heterocycles. The predicted molar refractivity (Wildman–Crippen MR) is 129 cm³/mol. The highest BCUT2D eigenvalue weighted by atomic mass is 35.5. The molecule has 0 atom stereocenters. The van der Waals surface area contributed by atoms with E-state index in [1.807, 2.05) is 0 Å². The number of pyridine rings is 1. The standard InChI is InChI=1S/C25H23Cl2NO6/c1-13-21(24(29)32-4)23(22(14(2)28-13)25(30)33-5)15-7-9-19(20(10-15)31-3)34-12-16-6-8-17(26)11-18(16)27/h6-11H,12H2,1-5H3. The number of halogens is 2. The number of carbonyl (C=O) groups excluding carboxylic acids is 2. The maximum absolute atomic E-state index is 12.6. The largest absolute Gasteiger partial charge is 0.493 e. The lowest BCUT2D eigenvalue weighted by molar-refractivity contribution is 0.0599. The highest BCUT2D eigenvalue weighted by Crippen LogP contribution is 2.38. The van der Waals surface area contributed by atoms with Gasteiger partial charge in [-0.2, -0.15) is 0 Å². The van der Waals surface area contributed by atoms with E-state index in [1.54, 1.807) is 50.2 Å². The molecule has 0 N–H and O–H groups in total. The number of aryl methyl sites for hydroxylation is 2. The summed E-state index contributed by atoms with van der Waals surface area (Å²) in [6, 6.07) is 10.2. The summed E-state index contributed by atoms with van der Waals surface area (Å²) in [5.74, 6) is -0.413. The van der Waals surface area contributed by atoms with Gasteiger partial charge in [0.05, 0.1) is 43.8 Å². The van der Waals surface area contributed by atoms with Crippen LogP contribution in [0, 0.1) is 13.8 Å². The van der Waals surface area contributed by atoms with Crippen LogP contribution < -0.4 is 9.47 Å². The summed E-state index contributed by atoms with van der Waals surface area (Å²) in [4.78, 5) is 29.7. The first kappa shape index (κ1) is 25.3. The molecule has 1 aromatic heterocycles. The van der Waals surface area contributed by atoms with Crippen molar-refractivity contribution in [3.05, 3.63) is 74.5 Å². The van der Waals surface area contributed by atoms with Gasteiger partial charge < -0.3 is 18.9 Å². The third kappa shape index (κ3) is 5.11. The first-order chi connectivity index (χ1) is 16.2. The van der Waals surface area contributed by atoms with Crippen molar-refractivity contribution in [3.8, 4) is 22.6 Å². The summed E-state index contributed by atoms with van der Waals surface area (Å²) >= 11 is 12.2. The Kier molecular flexibility index (Phi) is 8.02. The lowest BCUT2D eigenvalue weighted by atomic mass is 9.92. The monoisotopic (exact) mass is 503 g/mol. The van der Waals surface area contributed by atoms with Crippen LogP contribution in [0.25, 0.3) is 11.1 Å². The molecular formula is C25H23Cl2NO6. The minimum atomic E-state index is -0.623. The molecule has 0 radical (unpaired) electrons. The van der Waals surface area contributed by atoms with Crippen molar-refractivity contribution in [1.29, 1.82) is 0 Å². The number of aromatic nitrogens is 1. The minimum Gasteiger partial charge on any atom is -0.493 e. The smallest absolute Gasteiger partial charge is 0.340 e. The van der Waals surface area contributed by atoms with Gasteiger partial charge in [0.25, 0.3) is 0 Å². The van der Waals surface area contributed by atoms with Crippen LogP contribution in [0.3, 0.4) is 0 Å². The number of ether oxygens (including phenoxy) is 4. The van der Waals surface area contributed by atoms with Crippen LogP contribution in [0.1, 0.15) is 37.7 Å². The molecule has 178 valence electrons. The summed E-state index contributed by atoms with van der Waals surface area (Å²) in [6.45, 7) is 3.53. The molecule has 0 spiro atoms. The van der Waals surface area contributed by atoms with Crippen LogP contribution in [0.4, 0.5) is 0 Å². The molecule has 0 aliphatic rings. The SMILES string of the molecule is COC(=O)c1c(C)nc(C)c(C(=O)OC)c1-c1ccc(OCc2ccc(Cl)cc2Cl)c(OC)c1. The van der Waals surface area contributed by atoms with E-state index in [2.05, 4.69) is 4.98 Å². The van der Waals surface area contributed by atoms with Gasteiger partial charge in [-0.1, -0.05) is 35.3 Å². The van der Waals surface area contributed by atoms with E-state index in [0.29, 0.717) is 44.1 Å². The maximum atomic E-state index is 12.6. The average molecular weight is 504 g/mol. The Labute approximate surface area is 207 Å². The molecule has 34 heavy (non-hydrogen) atoms. The molecule has 0 bridgehead atoms. The highest BCUT2D eigenvalue weighted by Gasteiger charge is 2.28. The Morgan fingerprint density at radius 2 is 1.47 bits per heavy atom. The van der Waals surface area contributed by atoms with Gasteiger partial charge >= 0.3 is 11.9 Å². The Morgan fingerprint density at radius 1 is 0.853 bits per heavy atom. The molecule has 0 aliphatic heterocycles. The van der Waals surface area contributed by atoms with E-state index < -0.39 is 11.9 Å². The quantitative estimate of drug-likeness (QED) is 0.374. The second-order valence-electron chi connectivity index (χ2n) is 7.28. The van der Waals surface area contributed by atoms with Crippen LogP contribution >= 0.6 is 23.2 Å². The van der Waals surface area contributed by atoms with Crippen molar-refractivity contribution >= 4 is 35.1 Å². The number of esters is 2. The number of benzene rings is 2. The van der Waals surface area contributed by atoms with Crippen LogP contribution in [0.15, 0.2) is 36.4 Å². The summed E-state index contributed by atoms with van der Waals surface area (Å²) in [7, 11) is 4.03. The molecule has 0 saturated carbocycles. The third-order valence-electron chi connectivity index (χ3n) is 5.19. The number of rotatable bonds is 7. The van der Waals surface area contributed by atoms with E-state index >= 15 is 0 Å². The highest BCUT2D eigenvalue weighted by molar-refractivity contribution is 6.35. The van der Waals surface area contributed by atoms with E-state index in [4.69, 9.17) is 42.1 Å².